The highest BCUT2D eigenvalue weighted by molar-refractivity contribution is 5.96. The largest absolute Gasteiger partial charge is 0.486 e. The van der Waals surface area contributed by atoms with Crippen molar-refractivity contribution in [2.45, 2.75) is 25.4 Å². The Hall–Kier alpha value is -4.07. The summed E-state index contributed by atoms with van der Waals surface area (Å²) >= 11 is 0. The van der Waals surface area contributed by atoms with Crippen LogP contribution in [-0.2, 0) is 4.79 Å². The number of rotatable bonds is 10. The number of benzene rings is 2. The second kappa shape index (κ2) is 11.2. The van der Waals surface area contributed by atoms with E-state index in [9.17, 15) is 14.7 Å². The van der Waals surface area contributed by atoms with Crippen molar-refractivity contribution < 1.29 is 19.4 Å². The van der Waals surface area contributed by atoms with Crippen molar-refractivity contribution in [3.05, 3.63) is 78.5 Å². The lowest BCUT2D eigenvalue weighted by molar-refractivity contribution is -0.138. The predicted octanol–water partition coefficient (Wildman–Crippen LogP) is 4.08. The summed E-state index contributed by atoms with van der Waals surface area (Å²) in [4.78, 5) is 30.2. The zero-order valence-electron chi connectivity index (χ0n) is 18.8. The standard InChI is InChI=1S/C26H28N4O4/c31-25(32)17-21-18-30(20-8-2-1-3-9-20)22-16-19(11-12-23(22)34-21)26(33)29-15-7-6-14-28-24-10-4-5-13-27-24/h1-5,8-13,16,21H,6-7,14-15,17-18H2,(H,27,28)(H,29,33)(H,31,32). The van der Waals surface area contributed by atoms with E-state index in [1.54, 1.807) is 24.4 Å². The molecule has 0 saturated carbocycles. The Morgan fingerprint density at radius 3 is 2.59 bits per heavy atom. The van der Waals surface area contributed by atoms with E-state index in [1.165, 1.54) is 0 Å². The van der Waals surface area contributed by atoms with E-state index >= 15 is 0 Å². The summed E-state index contributed by atoms with van der Waals surface area (Å²) in [6.45, 7) is 1.74. The van der Waals surface area contributed by atoms with Gasteiger partial charge in [0, 0.05) is 30.5 Å². The van der Waals surface area contributed by atoms with Crippen molar-refractivity contribution >= 4 is 29.1 Å². The molecule has 4 rings (SSSR count). The summed E-state index contributed by atoms with van der Waals surface area (Å²) in [7, 11) is 0. The molecule has 0 aliphatic carbocycles. The molecule has 1 aliphatic rings. The molecule has 3 N–H and O–H groups in total. The normalized spacial score (nSPS) is 14.6. The van der Waals surface area contributed by atoms with Crippen molar-refractivity contribution in [2.24, 2.45) is 0 Å². The number of nitrogens with zero attached hydrogens (tertiary/aromatic N) is 2. The summed E-state index contributed by atoms with van der Waals surface area (Å²) in [6, 6.07) is 20.7. The first-order chi connectivity index (χ1) is 16.6. The smallest absolute Gasteiger partial charge is 0.307 e. The lowest BCUT2D eigenvalue weighted by atomic mass is 10.1. The van der Waals surface area contributed by atoms with Gasteiger partial charge in [0.15, 0.2) is 0 Å². The summed E-state index contributed by atoms with van der Waals surface area (Å²) in [5, 5.41) is 15.5. The molecule has 2 aromatic carbocycles. The summed E-state index contributed by atoms with van der Waals surface area (Å²) in [6.07, 6.45) is 2.91. The minimum Gasteiger partial charge on any atom is -0.486 e. The molecule has 1 aromatic heterocycles. The van der Waals surface area contributed by atoms with Gasteiger partial charge in [-0.1, -0.05) is 24.3 Å². The molecule has 1 aliphatic heterocycles. The van der Waals surface area contributed by atoms with Crippen molar-refractivity contribution in [3.63, 3.8) is 0 Å². The Bertz CT molecular complexity index is 1110. The number of carbonyl (C=O) groups excluding carboxylic acids is 1. The third kappa shape index (κ3) is 6.04. The molecule has 0 fully saturated rings. The highest BCUT2D eigenvalue weighted by atomic mass is 16.5. The number of para-hydroxylation sites is 1. The number of pyridine rings is 1. The van der Waals surface area contributed by atoms with Crippen LogP contribution >= 0.6 is 0 Å². The molecule has 1 atom stereocenters. The van der Waals surface area contributed by atoms with Crippen LogP contribution in [0.25, 0.3) is 0 Å². The molecule has 1 amide bonds. The number of carbonyl (C=O) groups is 2. The van der Waals surface area contributed by atoms with Gasteiger partial charge >= 0.3 is 5.97 Å². The van der Waals surface area contributed by atoms with E-state index in [1.807, 2.05) is 53.4 Å². The fraction of sp³-hybridized carbons (Fsp3) is 0.269. The molecule has 8 heteroatoms. The second-order valence-electron chi connectivity index (χ2n) is 8.07. The first-order valence-corrected chi connectivity index (χ1v) is 11.4. The Labute approximate surface area is 198 Å². The molecule has 176 valence electrons. The zero-order valence-corrected chi connectivity index (χ0v) is 18.8. The Morgan fingerprint density at radius 2 is 1.82 bits per heavy atom. The molecule has 8 nitrogen and oxygen atoms in total. The summed E-state index contributed by atoms with van der Waals surface area (Å²) < 4.78 is 5.92. The van der Waals surface area contributed by atoms with Crippen molar-refractivity contribution in [1.29, 1.82) is 0 Å². The fourth-order valence-electron chi connectivity index (χ4n) is 3.88. The van der Waals surface area contributed by atoms with Crippen LogP contribution in [0.1, 0.15) is 29.6 Å². The number of nitrogens with one attached hydrogen (secondary N) is 2. The lowest BCUT2D eigenvalue weighted by Gasteiger charge is -2.36. The van der Waals surface area contributed by atoms with Crippen LogP contribution in [-0.4, -0.2) is 47.7 Å². The molecule has 0 spiro atoms. The van der Waals surface area contributed by atoms with Crippen LogP contribution in [0, 0.1) is 0 Å². The Balaban J connectivity index is 1.37. The van der Waals surface area contributed by atoms with Gasteiger partial charge in [0.05, 0.1) is 18.7 Å². The van der Waals surface area contributed by atoms with E-state index in [-0.39, 0.29) is 12.3 Å². The number of hydrogen-bond donors (Lipinski definition) is 3. The van der Waals surface area contributed by atoms with Gasteiger partial charge in [-0.25, -0.2) is 4.98 Å². The Kier molecular flexibility index (Phi) is 7.60. The van der Waals surface area contributed by atoms with Gasteiger partial charge in [-0.3, -0.25) is 9.59 Å². The van der Waals surface area contributed by atoms with Crippen LogP contribution < -0.4 is 20.3 Å². The maximum atomic E-state index is 12.8. The van der Waals surface area contributed by atoms with Gasteiger partial charge in [-0.05, 0) is 55.3 Å². The predicted molar refractivity (Wildman–Crippen MR) is 131 cm³/mol. The number of aromatic nitrogens is 1. The first kappa shape index (κ1) is 23.1. The zero-order chi connectivity index (χ0) is 23.8. The second-order valence-corrected chi connectivity index (χ2v) is 8.07. The highest BCUT2D eigenvalue weighted by Gasteiger charge is 2.29. The van der Waals surface area contributed by atoms with Gasteiger partial charge in [-0.15, -0.1) is 0 Å². The first-order valence-electron chi connectivity index (χ1n) is 11.4. The molecular weight excluding hydrogens is 432 g/mol. The van der Waals surface area contributed by atoms with E-state index in [2.05, 4.69) is 15.6 Å². The number of amides is 1. The molecule has 1 unspecified atom stereocenters. The minimum absolute atomic E-state index is 0.0970. The number of hydrogen-bond acceptors (Lipinski definition) is 6. The molecule has 3 aromatic rings. The van der Waals surface area contributed by atoms with Crippen LogP contribution in [0.5, 0.6) is 5.75 Å². The maximum Gasteiger partial charge on any atom is 0.307 e. The van der Waals surface area contributed by atoms with Crippen molar-refractivity contribution in [1.82, 2.24) is 10.3 Å². The van der Waals surface area contributed by atoms with Gasteiger partial charge in [0.2, 0.25) is 0 Å². The van der Waals surface area contributed by atoms with Crippen LogP contribution in [0.2, 0.25) is 0 Å². The fourth-order valence-corrected chi connectivity index (χ4v) is 3.88. The third-order valence-corrected chi connectivity index (χ3v) is 5.52. The van der Waals surface area contributed by atoms with Gasteiger partial charge < -0.3 is 25.4 Å². The van der Waals surface area contributed by atoms with Gasteiger partial charge in [-0.2, -0.15) is 0 Å². The average molecular weight is 461 g/mol. The van der Waals surface area contributed by atoms with Crippen LogP contribution in [0.15, 0.2) is 72.9 Å². The molecular formula is C26H28N4O4. The lowest BCUT2D eigenvalue weighted by Crippen LogP contribution is -2.38. The minimum atomic E-state index is -0.910. The monoisotopic (exact) mass is 460 g/mol. The number of unbranched alkanes of at least 4 members (excludes halogenated alkanes) is 1. The average Bonchev–Trinajstić information content (AvgIpc) is 2.86. The van der Waals surface area contributed by atoms with Crippen molar-refractivity contribution in [3.8, 4) is 5.75 Å². The molecule has 0 bridgehead atoms. The number of ether oxygens (including phenoxy) is 1. The number of carboxylic acid groups (broad SMARTS) is 1. The Morgan fingerprint density at radius 1 is 1.03 bits per heavy atom. The quantitative estimate of drug-likeness (QED) is 0.392. The van der Waals surface area contributed by atoms with E-state index < -0.39 is 12.1 Å². The topological polar surface area (TPSA) is 104 Å². The number of anilines is 3. The third-order valence-electron chi connectivity index (χ3n) is 5.52. The summed E-state index contributed by atoms with van der Waals surface area (Å²) in [5.74, 6) is 0.351. The van der Waals surface area contributed by atoms with Crippen molar-refractivity contribution in [2.75, 3.05) is 29.9 Å². The SMILES string of the molecule is O=C(O)CC1CN(c2ccccc2)c2cc(C(=O)NCCCCNc3ccccn3)ccc2O1. The number of fused-ring (bicyclic) bond motifs is 1. The molecule has 2 heterocycles. The molecule has 0 radical (unpaired) electrons. The maximum absolute atomic E-state index is 12.8. The van der Waals surface area contributed by atoms with Crippen LogP contribution in [0.3, 0.4) is 0 Å². The number of carboxylic acids is 1. The van der Waals surface area contributed by atoms with Gasteiger partial charge in [0.1, 0.15) is 17.7 Å². The molecule has 34 heavy (non-hydrogen) atoms. The van der Waals surface area contributed by atoms with E-state index in [4.69, 9.17) is 4.74 Å². The number of aliphatic carboxylic acids is 1. The van der Waals surface area contributed by atoms with Gasteiger partial charge in [0.25, 0.3) is 5.91 Å². The van der Waals surface area contributed by atoms with E-state index in [0.29, 0.717) is 24.4 Å². The summed E-state index contributed by atoms with van der Waals surface area (Å²) in [5.41, 5.74) is 2.20. The van der Waals surface area contributed by atoms with E-state index in [0.717, 1.165) is 36.6 Å². The highest BCUT2D eigenvalue weighted by Crippen LogP contribution is 2.39. The molecule has 0 saturated heterocycles. The van der Waals surface area contributed by atoms with Crippen LogP contribution in [0.4, 0.5) is 17.2 Å².